The molecule has 160 valence electrons. The van der Waals surface area contributed by atoms with Gasteiger partial charge in [-0.3, -0.25) is 9.59 Å². The number of halogens is 1. The predicted molar refractivity (Wildman–Crippen MR) is 112 cm³/mol. The topological polar surface area (TPSA) is 89.0 Å². The van der Waals surface area contributed by atoms with Crippen LogP contribution in [0.4, 0.5) is 4.39 Å². The zero-order chi connectivity index (χ0) is 21.8. The third-order valence-electron chi connectivity index (χ3n) is 4.10. The Balaban J connectivity index is 1.78. The first-order chi connectivity index (χ1) is 14.5. The van der Waals surface area contributed by atoms with Gasteiger partial charge < -0.3 is 14.8 Å². The van der Waals surface area contributed by atoms with Gasteiger partial charge in [0, 0.05) is 13.0 Å². The molecule has 2 rings (SSSR count). The van der Waals surface area contributed by atoms with Crippen molar-refractivity contribution in [1.82, 2.24) is 10.7 Å². The summed E-state index contributed by atoms with van der Waals surface area (Å²) < 4.78 is 24.5. The van der Waals surface area contributed by atoms with Crippen LogP contribution in [0.3, 0.4) is 0 Å². The van der Waals surface area contributed by atoms with Crippen LogP contribution >= 0.6 is 0 Å². The Kier molecular flexibility index (Phi) is 9.30. The van der Waals surface area contributed by atoms with Gasteiger partial charge in [-0.2, -0.15) is 5.10 Å². The Labute approximate surface area is 175 Å². The maximum Gasteiger partial charge on any atom is 0.254 e. The van der Waals surface area contributed by atoms with Crippen LogP contribution in [0.25, 0.3) is 0 Å². The van der Waals surface area contributed by atoms with E-state index in [0.29, 0.717) is 18.1 Å². The molecule has 0 bridgehead atoms. The first kappa shape index (κ1) is 22.9. The van der Waals surface area contributed by atoms with E-state index in [4.69, 9.17) is 9.47 Å². The van der Waals surface area contributed by atoms with E-state index in [-0.39, 0.29) is 24.4 Å². The van der Waals surface area contributed by atoms with E-state index in [9.17, 15) is 14.0 Å². The second kappa shape index (κ2) is 12.2. The van der Waals surface area contributed by atoms with Gasteiger partial charge in [-0.15, -0.1) is 0 Å². The van der Waals surface area contributed by atoms with Gasteiger partial charge in [0.05, 0.1) is 25.5 Å². The highest BCUT2D eigenvalue weighted by Gasteiger charge is 2.10. The maximum atomic E-state index is 13.5. The van der Waals surface area contributed by atoms with Gasteiger partial charge in [-0.1, -0.05) is 25.5 Å². The summed E-state index contributed by atoms with van der Waals surface area (Å²) in [6, 6.07) is 11.0. The van der Waals surface area contributed by atoms with E-state index in [1.54, 1.807) is 31.4 Å². The van der Waals surface area contributed by atoms with Gasteiger partial charge in [0.2, 0.25) is 5.91 Å². The summed E-state index contributed by atoms with van der Waals surface area (Å²) in [5.41, 5.74) is 3.04. The Morgan fingerprint density at radius 1 is 1.17 bits per heavy atom. The van der Waals surface area contributed by atoms with Crippen molar-refractivity contribution < 1.29 is 23.5 Å². The summed E-state index contributed by atoms with van der Waals surface area (Å²) in [6.45, 7) is 2.77. The van der Waals surface area contributed by atoms with E-state index in [0.717, 1.165) is 18.4 Å². The number of carbonyl (C=O) groups is 2. The number of nitrogens with one attached hydrogen (secondary N) is 2. The highest BCUT2D eigenvalue weighted by Crippen LogP contribution is 2.27. The first-order valence-electron chi connectivity index (χ1n) is 9.70. The van der Waals surface area contributed by atoms with Crippen molar-refractivity contribution in [2.75, 3.05) is 20.3 Å². The lowest BCUT2D eigenvalue weighted by Crippen LogP contribution is -2.29. The fraction of sp³-hybridized carbons (Fsp3) is 0.318. The van der Waals surface area contributed by atoms with Crippen molar-refractivity contribution in [2.45, 2.75) is 26.2 Å². The van der Waals surface area contributed by atoms with Crippen LogP contribution in [0.5, 0.6) is 11.5 Å². The van der Waals surface area contributed by atoms with Crippen molar-refractivity contribution in [2.24, 2.45) is 5.10 Å². The average Bonchev–Trinajstić information content (AvgIpc) is 2.74. The lowest BCUT2D eigenvalue weighted by molar-refractivity contribution is -0.120. The molecule has 0 spiro atoms. The smallest absolute Gasteiger partial charge is 0.254 e. The van der Waals surface area contributed by atoms with Crippen molar-refractivity contribution in [1.29, 1.82) is 0 Å². The molecular formula is C22H26FN3O4. The number of rotatable bonds is 11. The van der Waals surface area contributed by atoms with Crippen LogP contribution in [-0.2, 0) is 4.79 Å². The van der Waals surface area contributed by atoms with Gasteiger partial charge in [0.15, 0.2) is 11.5 Å². The minimum Gasteiger partial charge on any atom is -0.493 e. The zero-order valence-electron chi connectivity index (χ0n) is 17.1. The summed E-state index contributed by atoms with van der Waals surface area (Å²) in [5.74, 6) is -0.333. The molecule has 0 fully saturated rings. The molecule has 0 saturated carbocycles. The van der Waals surface area contributed by atoms with Crippen molar-refractivity contribution in [3.63, 3.8) is 0 Å². The monoisotopic (exact) mass is 415 g/mol. The van der Waals surface area contributed by atoms with Crippen LogP contribution in [0.15, 0.2) is 47.6 Å². The second-order valence-electron chi connectivity index (χ2n) is 6.39. The number of hydrogen-bond acceptors (Lipinski definition) is 5. The van der Waals surface area contributed by atoms with Crippen molar-refractivity contribution >= 4 is 18.0 Å². The molecule has 8 heteroatoms. The summed E-state index contributed by atoms with van der Waals surface area (Å²) >= 11 is 0. The van der Waals surface area contributed by atoms with Gasteiger partial charge in [0.1, 0.15) is 5.82 Å². The SMILES string of the molecule is CCCCOc1ccc(C=NNC(=O)CCNC(=O)c2ccccc2F)cc1OC. The molecule has 0 aliphatic heterocycles. The number of hydrazone groups is 1. The van der Waals surface area contributed by atoms with E-state index in [1.807, 2.05) is 0 Å². The highest BCUT2D eigenvalue weighted by atomic mass is 19.1. The molecule has 2 amide bonds. The number of unbranched alkanes of at least 4 members (excludes halogenated alkanes) is 1. The average molecular weight is 415 g/mol. The van der Waals surface area contributed by atoms with Crippen LogP contribution in [0.2, 0.25) is 0 Å². The molecule has 0 radical (unpaired) electrons. The van der Waals surface area contributed by atoms with E-state index in [2.05, 4.69) is 22.8 Å². The molecule has 0 aromatic heterocycles. The van der Waals surface area contributed by atoms with Crippen LogP contribution in [0, 0.1) is 5.82 Å². The number of nitrogens with zero attached hydrogens (tertiary/aromatic N) is 1. The molecule has 2 N–H and O–H groups in total. The molecule has 0 saturated heterocycles. The zero-order valence-corrected chi connectivity index (χ0v) is 17.1. The summed E-state index contributed by atoms with van der Waals surface area (Å²) in [5, 5.41) is 6.40. The van der Waals surface area contributed by atoms with Gasteiger partial charge in [-0.05, 0) is 42.3 Å². The van der Waals surface area contributed by atoms with Gasteiger partial charge in [-0.25, -0.2) is 9.82 Å². The number of hydrogen-bond donors (Lipinski definition) is 2. The number of amides is 2. The fourth-order valence-corrected chi connectivity index (χ4v) is 2.48. The van der Waals surface area contributed by atoms with Gasteiger partial charge >= 0.3 is 0 Å². The first-order valence-corrected chi connectivity index (χ1v) is 9.70. The summed E-state index contributed by atoms with van der Waals surface area (Å²) in [7, 11) is 1.56. The summed E-state index contributed by atoms with van der Waals surface area (Å²) in [6.07, 6.45) is 3.48. The van der Waals surface area contributed by atoms with E-state index >= 15 is 0 Å². The largest absolute Gasteiger partial charge is 0.493 e. The molecule has 2 aromatic carbocycles. The lowest BCUT2D eigenvalue weighted by atomic mass is 10.2. The minimum absolute atomic E-state index is 0.00502. The third-order valence-corrected chi connectivity index (χ3v) is 4.10. The van der Waals surface area contributed by atoms with Crippen molar-refractivity contribution in [3.05, 3.63) is 59.4 Å². The molecule has 2 aromatic rings. The molecule has 0 aliphatic carbocycles. The van der Waals surface area contributed by atoms with E-state index in [1.165, 1.54) is 24.4 Å². The molecule has 0 atom stereocenters. The maximum absolute atomic E-state index is 13.5. The molecule has 0 aliphatic rings. The standard InChI is InChI=1S/C22H26FN3O4/c1-3-4-13-30-19-10-9-16(14-20(19)29-2)15-25-26-21(27)11-12-24-22(28)17-7-5-6-8-18(17)23/h5-10,14-15H,3-4,11-13H2,1-2H3,(H,24,28)(H,26,27). The Morgan fingerprint density at radius 3 is 2.70 bits per heavy atom. The van der Waals surface area contributed by atoms with Crippen LogP contribution < -0.4 is 20.2 Å². The van der Waals surface area contributed by atoms with Crippen LogP contribution in [0.1, 0.15) is 42.1 Å². The second-order valence-corrected chi connectivity index (χ2v) is 6.39. The molecule has 7 nitrogen and oxygen atoms in total. The number of methoxy groups -OCH3 is 1. The van der Waals surface area contributed by atoms with Gasteiger partial charge in [0.25, 0.3) is 5.91 Å². The number of carbonyl (C=O) groups excluding carboxylic acids is 2. The highest BCUT2D eigenvalue weighted by molar-refractivity contribution is 5.94. The summed E-state index contributed by atoms with van der Waals surface area (Å²) in [4.78, 5) is 23.7. The molecule has 0 unspecified atom stereocenters. The molecule has 30 heavy (non-hydrogen) atoms. The lowest BCUT2D eigenvalue weighted by Gasteiger charge is -2.10. The fourth-order valence-electron chi connectivity index (χ4n) is 2.48. The van der Waals surface area contributed by atoms with Crippen molar-refractivity contribution in [3.8, 4) is 11.5 Å². The quantitative estimate of drug-likeness (QED) is 0.335. The number of ether oxygens (including phenoxy) is 2. The number of benzene rings is 2. The Bertz CT molecular complexity index is 886. The molecule has 0 heterocycles. The molecular weight excluding hydrogens is 389 g/mol. The van der Waals surface area contributed by atoms with E-state index < -0.39 is 11.7 Å². The Morgan fingerprint density at radius 2 is 1.97 bits per heavy atom. The predicted octanol–water partition coefficient (Wildman–Crippen LogP) is 3.28. The van der Waals surface area contributed by atoms with Crippen LogP contribution in [-0.4, -0.2) is 38.3 Å². The third kappa shape index (κ3) is 7.20. The normalized spacial score (nSPS) is 10.6. The Hall–Kier alpha value is -3.42. The minimum atomic E-state index is -0.610.